The summed E-state index contributed by atoms with van der Waals surface area (Å²) in [7, 11) is 0. The Bertz CT molecular complexity index is 649. The van der Waals surface area contributed by atoms with Crippen LogP contribution in [0.15, 0.2) is 60.7 Å². The van der Waals surface area contributed by atoms with Gasteiger partial charge in [-0.15, -0.1) is 0 Å². The summed E-state index contributed by atoms with van der Waals surface area (Å²) in [5.74, 6) is -0.587. The number of nitrogens with zero attached hydrogens (tertiary/aromatic N) is 1. The van der Waals surface area contributed by atoms with E-state index in [0.29, 0.717) is 11.1 Å². The van der Waals surface area contributed by atoms with Crippen molar-refractivity contribution in [2.75, 3.05) is 0 Å². The Morgan fingerprint density at radius 3 is 2.19 bits per heavy atom. The molecule has 0 heterocycles. The highest BCUT2D eigenvalue weighted by molar-refractivity contribution is 5.89. The Hall–Kier alpha value is -2.64. The third-order valence-electron chi connectivity index (χ3n) is 3.31. The smallest absolute Gasteiger partial charge is 0.339 e. The number of hydrogen-bond acceptors (Lipinski definition) is 4. The van der Waals surface area contributed by atoms with E-state index in [1.807, 2.05) is 6.07 Å². The van der Waals surface area contributed by atoms with Gasteiger partial charge in [0.05, 0.1) is 11.6 Å². The molecule has 0 aromatic heterocycles. The average molecular weight is 281 g/mol. The van der Waals surface area contributed by atoms with E-state index < -0.39 is 17.7 Å². The van der Waals surface area contributed by atoms with E-state index in [9.17, 15) is 9.90 Å². The molecule has 2 unspecified atom stereocenters. The van der Waals surface area contributed by atoms with Gasteiger partial charge in [0.2, 0.25) is 0 Å². The van der Waals surface area contributed by atoms with Crippen LogP contribution in [0.1, 0.15) is 22.8 Å². The molecule has 1 N–H and O–H groups in total. The fraction of sp³-hybridized carbons (Fsp3) is 0.176. The quantitative estimate of drug-likeness (QED) is 0.691. The fourth-order valence-corrected chi connectivity index (χ4v) is 1.99. The van der Waals surface area contributed by atoms with E-state index in [1.165, 1.54) is 6.92 Å². The van der Waals surface area contributed by atoms with Crippen molar-refractivity contribution in [2.24, 2.45) is 0 Å². The van der Waals surface area contributed by atoms with Gasteiger partial charge in [0.1, 0.15) is 0 Å². The first-order valence-electron chi connectivity index (χ1n) is 6.49. The maximum atomic E-state index is 12.2. The van der Waals surface area contributed by atoms with Crippen LogP contribution < -0.4 is 0 Å². The number of esters is 1. The van der Waals surface area contributed by atoms with E-state index in [-0.39, 0.29) is 0 Å². The molecule has 0 bridgehead atoms. The van der Waals surface area contributed by atoms with Crippen LogP contribution in [0, 0.1) is 11.3 Å². The second kappa shape index (κ2) is 6.21. The van der Waals surface area contributed by atoms with Crippen LogP contribution in [0.2, 0.25) is 0 Å². The van der Waals surface area contributed by atoms with Gasteiger partial charge in [0, 0.05) is 0 Å². The highest BCUT2D eigenvalue weighted by atomic mass is 16.6. The lowest BCUT2D eigenvalue weighted by atomic mass is 9.90. The number of nitriles is 1. The summed E-state index contributed by atoms with van der Waals surface area (Å²) in [4.78, 5) is 12.2. The monoisotopic (exact) mass is 281 g/mol. The van der Waals surface area contributed by atoms with Crippen LogP contribution in [-0.2, 0) is 10.3 Å². The first-order valence-corrected chi connectivity index (χ1v) is 6.49. The number of carbonyl (C=O) groups excluding carboxylic acids is 1. The molecule has 0 saturated carbocycles. The van der Waals surface area contributed by atoms with Gasteiger partial charge < -0.3 is 9.84 Å². The average Bonchev–Trinajstić information content (AvgIpc) is 2.55. The Balaban J connectivity index is 2.35. The minimum absolute atomic E-state index is 0.366. The molecule has 4 nitrogen and oxygen atoms in total. The number of carbonyl (C=O) groups is 1. The summed E-state index contributed by atoms with van der Waals surface area (Å²) < 4.78 is 5.45. The van der Waals surface area contributed by atoms with Crippen molar-refractivity contribution in [3.8, 4) is 6.07 Å². The zero-order chi connectivity index (χ0) is 15.3. The van der Waals surface area contributed by atoms with Gasteiger partial charge in [-0.1, -0.05) is 48.5 Å². The van der Waals surface area contributed by atoms with Crippen molar-refractivity contribution in [3.05, 3.63) is 71.8 Å². The molecule has 2 aromatic carbocycles. The SMILES string of the molecule is CC(OC(=O)c1ccccc1)(c1ccccc1)C(O)C#N. The lowest BCUT2D eigenvalue weighted by Crippen LogP contribution is -2.40. The number of rotatable bonds is 4. The van der Waals surface area contributed by atoms with Gasteiger partial charge >= 0.3 is 5.97 Å². The number of benzene rings is 2. The van der Waals surface area contributed by atoms with E-state index >= 15 is 0 Å². The Morgan fingerprint density at radius 1 is 1.14 bits per heavy atom. The number of hydrogen-bond donors (Lipinski definition) is 1. The van der Waals surface area contributed by atoms with Crippen molar-refractivity contribution >= 4 is 5.97 Å². The maximum Gasteiger partial charge on any atom is 0.339 e. The molecule has 0 radical (unpaired) electrons. The molecule has 0 fully saturated rings. The highest BCUT2D eigenvalue weighted by Gasteiger charge is 2.39. The van der Waals surface area contributed by atoms with Crippen molar-refractivity contribution < 1.29 is 14.6 Å². The Kier molecular flexibility index (Phi) is 4.36. The van der Waals surface area contributed by atoms with E-state index in [0.717, 1.165) is 0 Å². The molecule has 0 spiro atoms. The van der Waals surface area contributed by atoms with Crippen LogP contribution in [0.4, 0.5) is 0 Å². The minimum atomic E-state index is -1.47. The topological polar surface area (TPSA) is 70.3 Å². The van der Waals surface area contributed by atoms with E-state index in [4.69, 9.17) is 10.00 Å². The molecule has 106 valence electrons. The van der Waals surface area contributed by atoms with Crippen LogP contribution in [0.5, 0.6) is 0 Å². The number of aliphatic hydroxyl groups is 1. The Labute approximate surface area is 123 Å². The summed E-state index contributed by atoms with van der Waals surface area (Å²) in [5, 5.41) is 19.0. The molecule has 0 aliphatic heterocycles. The molecule has 2 rings (SSSR count). The second-order valence-electron chi connectivity index (χ2n) is 4.76. The van der Waals surface area contributed by atoms with Gasteiger partial charge in [0.25, 0.3) is 0 Å². The highest BCUT2D eigenvalue weighted by Crippen LogP contribution is 2.30. The van der Waals surface area contributed by atoms with Gasteiger partial charge in [-0.05, 0) is 24.6 Å². The van der Waals surface area contributed by atoms with Gasteiger partial charge in [0.15, 0.2) is 11.7 Å². The molecule has 21 heavy (non-hydrogen) atoms. The summed E-state index contributed by atoms with van der Waals surface area (Å²) in [5.41, 5.74) is -0.503. The third-order valence-corrected chi connectivity index (χ3v) is 3.31. The van der Waals surface area contributed by atoms with E-state index in [1.54, 1.807) is 60.7 Å². The molecule has 4 heteroatoms. The standard InChI is InChI=1S/C17H15NO3/c1-17(15(19)12-18,14-10-6-3-7-11-14)21-16(20)13-8-4-2-5-9-13/h2-11,15,19H,1H3. The molecule has 0 aliphatic rings. The molecular formula is C17H15NO3. The van der Waals surface area contributed by atoms with Gasteiger partial charge in [-0.2, -0.15) is 5.26 Å². The predicted molar refractivity (Wildman–Crippen MR) is 77.3 cm³/mol. The largest absolute Gasteiger partial charge is 0.447 e. The molecule has 2 aromatic rings. The predicted octanol–water partition coefficient (Wildman–Crippen LogP) is 2.64. The van der Waals surface area contributed by atoms with Gasteiger partial charge in [-0.25, -0.2) is 4.79 Å². The van der Waals surface area contributed by atoms with Crippen molar-refractivity contribution in [1.82, 2.24) is 0 Å². The van der Waals surface area contributed by atoms with Crippen LogP contribution in [0.25, 0.3) is 0 Å². The lowest BCUT2D eigenvalue weighted by molar-refractivity contribution is -0.0639. The third kappa shape index (κ3) is 3.10. The number of ether oxygens (including phenoxy) is 1. The zero-order valence-corrected chi connectivity index (χ0v) is 11.6. The second-order valence-corrected chi connectivity index (χ2v) is 4.76. The lowest BCUT2D eigenvalue weighted by Gasteiger charge is -2.31. The Morgan fingerprint density at radius 2 is 1.67 bits per heavy atom. The summed E-state index contributed by atoms with van der Waals surface area (Å²) in [6.45, 7) is 1.52. The molecular weight excluding hydrogens is 266 g/mol. The summed E-state index contributed by atoms with van der Waals surface area (Å²) >= 11 is 0. The van der Waals surface area contributed by atoms with E-state index in [2.05, 4.69) is 0 Å². The van der Waals surface area contributed by atoms with Crippen LogP contribution >= 0.6 is 0 Å². The number of aliphatic hydroxyl groups excluding tert-OH is 1. The van der Waals surface area contributed by atoms with Crippen molar-refractivity contribution in [1.29, 1.82) is 5.26 Å². The molecule has 0 amide bonds. The van der Waals surface area contributed by atoms with Crippen molar-refractivity contribution in [3.63, 3.8) is 0 Å². The molecule has 2 atom stereocenters. The first-order chi connectivity index (χ1) is 10.1. The molecule has 0 aliphatic carbocycles. The fourth-order valence-electron chi connectivity index (χ4n) is 1.99. The first kappa shape index (κ1) is 14.8. The summed E-state index contributed by atoms with van der Waals surface area (Å²) in [6, 6.07) is 18.9. The van der Waals surface area contributed by atoms with Crippen LogP contribution in [0.3, 0.4) is 0 Å². The summed E-state index contributed by atoms with van der Waals surface area (Å²) in [6.07, 6.45) is -1.47. The van der Waals surface area contributed by atoms with Crippen LogP contribution in [-0.4, -0.2) is 17.2 Å². The van der Waals surface area contributed by atoms with Crippen molar-refractivity contribution in [2.45, 2.75) is 18.6 Å². The zero-order valence-electron chi connectivity index (χ0n) is 11.6. The normalized spacial score (nSPS) is 14.5. The minimum Gasteiger partial charge on any atom is -0.447 e. The van der Waals surface area contributed by atoms with Gasteiger partial charge in [-0.3, -0.25) is 0 Å². The maximum absolute atomic E-state index is 12.2. The molecule has 0 saturated heterocycles.